The first-order valence-electron chi connectivity index (χ1n) is 5.29. The first-order valence-corrected chi connectivity index (χ1v) is 5.29. The van der Waals surface area contributed by atoms with E-state index < -0.39 is 5.79 Å². The molecule has 0 aliphatic rings. The molecule has 0 aromatic heterocycles. The van der Waals surface area contributed by atoms with Crippen LogP contribution in [-0.4, -0.2) is 45.3 Å². The number of hydrogen-bond donors (Lipinski definition) is 0. The van der Waals surface area contributed by atoms with Crippen LogP contribution in [0.5, 0.6) is 0 Å². The number of rotatable bonds is 9. The molecule has 0 spiro atoms. The molecule has 0 aliphatic heterocycles. The fraction of sp³-hybridized carbons (Fsp3) is 0.818. The van der Waals surface area contributed by atoms with Gasteiger partial charge in [-0.25, -0.2) is 0 Å². The Kier molecular flexibility index (Phi) is 8.15. The lowest BCUT2D eigenvalue weighted by Crippen LogP contribution is -2.34. The summed E-state index contributed by atoms with van der Waals surface area (Å²) < 4.78 is 20.4. The Morgan fingerprint density at radius 2 is 1.75 bits per heavy atom. The second-order valence-corrected chi connectivity index (χ2v) is 3.29. The largest absolute Gasteiger partial charge is 0.463 e. The monoisotopic (exact) mass is 233 g/mol. The molecule has 0 fully saturated rings. The van der Waals surface area contributed by atoms with Gasteiger partial charge in [-0.1, -0.05) is 6.92 Å². The second-order valence-electron chi connectivity index (χ2n) is 3.29. The zero-order valence-corrected chi connectivity index (χ0v) is 10.3. The Balaban J connectivity index is 3.73. The van der Waals surface area contributed by atoms with Crippen LogP contribution in [0.4, 0.5) is 0 Å². The maximum absolute atomic E-state index is 10.5. The van der Waals surface area contributed by atoms with Gasteiger partial charge in [-0.05, 0) is 6.42 Å². The first kappa shape index (κ1) is 15.3. The summed E-state index contributed by atoms with van der Waals surface area (Å²) >= 11 is 0. The van der Waals surface area contributed by atoms with Crippen molar-refractivity contribution in [1.29, 1.82) is 0 Å². The van der Waals surface area contributed by atoms with Crippen molar-refractivity contribution in [2.75, 3.05) is 33.5 Å². The van der Waals surface area contributed by atoms with Crippen LogP contribution in [-0.2, 0) is 23.7 Å². The molecule has 1 atom stereocenters. The molecule has 1 radical (unpaired) electrons. The fourth-order valence-corrected chi connectivity index (χ4v) is 0.970. The van der Waals surface area contributed by atoms with E-state index in [1.165, 1.54) is 6.92 Å². The summed E-state index contributed by atoms with van der Waals surface area (Å²) in [6.07, 6.45) is 0.608. The van der Waals surface area contributed by atoms with Crippen LogP contribution in [0.3, 0.4) is 0 Å². The number of ether oxygens (including phenoxy) is 4. The van der Waals surface area contributed by atoms with E-state index in [-0.39, 0.29) is 19.2 Å². The molecule has 0 saturated carbocycles. The maximum Gasteiger partial charge on any atom is 0.302 e. The lowest BCUT2D eigenvalue weighted by Gasteiger charge is -2.28. The first-order chi connectivity index (χ1) is 7.54. The van der Waals surface area contributed by atoms with Crippen LogP contribution in [0.1, 0.15) is 20.3 Å². The van der Waals surface area contributed by atoms with Gasteiger partial charge >= 0.3 is 5.97 Å². The second kappa shape index (κ2) is 8.50. The SMILES string of the molecule is [CH2]C(CC)(OCCOC)OCCOC(C)=O. The molecule has 0 aromatic carbocycles. The van der Waals surface area contributed by atoms with E-state index in [4.69, 9.17) is 18.9 Å². The fourth-order valence-electron chi connectivity index (χ4n) is 0.970. The Labute approximate surface area is 97.0 Å². The lowest BCUT2D eigenvalue weighted by atomic mass is 10.2. The molecule has 16 heavy (non-hydrogen) atoms. The number of carbonyl (C=O) groups is 1. The summed E-state index contributed by atoms with van der Waals surface area (Å²) in [7, 11) is 1.60. The third-order valence-corrected chi connectivity index (χ3v) is 1.95. The van der Waals surface area contributed by atoms with Crippen molar-refractivity contribution in [3.05, 3.63) is 6.92 Å². The molecule has 0 bridgehead atoms. The average molecular weight is 233 g/mol. The van der Waals surface area contributed by atoms with Crippen molar-refractivity contribution in [3.63, 3.8) is 0 Å². The zero-order chi connectivity index (χ0) is 12.4. The molecule has 5 nitrogen and oxygen atoms in total. The molecule has 0 heterocycles. The average Bonchev–Trinajstić information content (AvgIpc) is 2.25. The lowest BCUT2D eigenvalue weighted by molar-refractivity contribution is -0.217. The van der Waals surface area contributed by atoms with E-state index >= 15 is 0 Å². The van der Waals surface area contributed by atoms with E-state index in [9.17, 15) is 4.79 Å². The third kappa shape index (κ3) is 7.62. The van der Waals surface area contributed by atoms with Crippen LogP contribution in [0.2, 0.25) is 0 Å². The molecule has 1 unspecified atom stereocenters. The summed E-state index contributed by atoms with van der Waals surface area (Å²) in [4.78, 5) is 10.5. The van der Waals surface area contributed by atoms with Crippen molar-refractivity contribution in [2.24, 2.45) is 0 Å². The summed E-state index contributed by atoms with van der Waals surface area (Å²) in [5.41, 5.74) is 0. The van der Waals surface area contributed by atoms with Gasteiger partial charge in [0.25, 0.3) is 0 Å². The van der Waals surface area contributed by atoms with Crippen LogP contribution in [0.15, 0.2) is 0 Å². The minimum atomic E-state index is -0.890. The standard InChI is InChI=1S/C11H21O5/c1-5-11(3,15-8-6-13-4)16-9-7-14-10(2)12/h3,5-9H2,1-2,4H3. The summed E-state index contributed by atoms with van der Waals surface area (Å²) in [6.45, 7) is 8.48. The minimum Gasteiger partial charge on any atom is -0.463 e. The molecule has 0 N–H and O–H groups in total. The summed E-state index contributed by atoms with van der Waals surface area (Å²) in [5, 5.41) is 0. The van der Waals surface area contributed by atoms with Gasteiger partial charge in [-0.15, -0.1) is 0 Å². The summed E-state index contributed by atoms with van der Waals surface area (Å²) in [5.74, 6) is -1.21. The van der Waals surface area contributed by atoms with Gasteiger partial charge in [0.1, 0.15) is 6.61 Å². The van der Waals surface area contributed by atoms with Gasteiger partial charge in [-0.3, -0.25) is 4.79 Å². The third-order valence-electron chi connectivity index (χ3n) is 1.95. The molecule has 0 aliphatic carbocycles. The highest BCUT2D eigenvalue weighted by atomic mass is 16.7. The topological polar surface area (TPSA) is 54.0 Å². The van der Waals surface area contributed by atoms with E-state index in [1.807, 2.05) is 6.92 Å². The normalized spacial score (nSPS) is 14.5. The van der Waals surface area contributed by atoms with E-state index in [0.29, 0.717) is 19.6 Å². The van der Waals surface area contributed by atoms with Gasteiger partial charge < -0.3 is 18.9 Å². The van der Waals surface area contributed by atoms with Crippen LogP contribution < -0.4 is 0 Å². The van der Waals surface area contributed by atoms with Crippen molar-refractivity contribution in [3.8, 4) is 0 Å². The maximum atomic E-state index is 10.5. The van der Waals surface area contributed by atoms with Crippen LogP contribution >= 0.6 is 0 Å². The molecule has 95 valence electrons. The Morgan fingerprint density at radius 3 is 2.19 bits per heavy atom. The highest BCUT2D eigenvalue weighted by Gasteiger charge is 2.23. The highest BCUT2D eigenvalue weighted by molar-refractivity contribution is 5.65. The quantitative estimate of drug-likeness (QED) is 0.340. The number of carbonyl (C=O) groups excluding carboxylic acids is 1. The molecule has 0 rings (SSSR count). The van der Waals surface area contributed by atoms with E-state index in [2.05, 4.69) is 6.92 Å². The van der Waals surface area contributed by atoms with Gasteiger partial charge in [0.05, 0.1) is 19.8 Å². The molecule has 5 heteroatoms. The van der Waals surface area contributed by atoms with Gasteiger partial charge in [0, 0.05) is 21.0 Å². The Hall–Kier alpha value is -0.650. The predicted molar refractivity (Wildman–Crippen MR) is 58.8 cm³/mol. The van der Waals surface area contributed by atoms with Crippen molar-refractivity contribution in [1.82, 2.24) is 0 Å². The molecule has 0 amide bonds. The summed E-state index contributed by atoms with van der Waals surface area (Å²) in [6, 6.07) is 0. The number of esters is 1. The number of methoxy groups -OCH3 is 1. The Bertz CT molecular complexity index is 195. The predicted octanol–water partition coefficient (Wildman–Crippen LogP) is 1.17. The smallest absolute Gasteiger partial charge is 0.302 e. The minimum absolute atomic E-state index is 0.209. The number of hydrogen-bond acceptors (Lipinski definition) is 5. The van der Waals surface area contributed by atoms with Crippen molar-refractivity contribution < 1.29 is 23.7 Å². The Morgan fingerprint density at radius 1 is 1.19 bits per heavy atom. The van der Waals surface area contributed by atoms with E-state index in [1.54, 1.807) is 7.11 Å². The van der Waals surface area contributed by atoms with Gasteiger partial charge in [0.2, 0.25) is 0 Å². The van der Waals surface area contributed by atoms with Crippen LogP contribution in [0.25, 0.3) is 0 Å². The molecule has 0 aromatic rings. The van der Waals surface area contributed by atoms with Crippen molar-refractivity contribution >= 4 is 5.97 Å². The van der Waals surface area contributed by atoms with Gasteiger partial charge in [-0.2, -0.15) is 0 Å². The van der Waals surface area contributed by atoms with E-state index in [0.717, 1.165) is 0 Å². The van der Waals surface area contributed by atoms with Crippen LogP contribution in [0, 0.1) is 6.92 Å². The zero-order valence-electron chi connectivity index (χ0n) is 10.3. The molecular formula is C11H21O5. The molecule has 0 saturated heterocycles. The molecular weight excluding hydrogens is 212 g/mol. The highest BCUT2D eigenvalue weighted by Crippen LogP contribution is 2.16. The van der Waals surface area contributed by atoms with Gasteiger partial charge in [0.15, 0.2) is 5.79 Å². The van der Waals surface area contributed by atoms with Crippen molar-refractivity contribution in [2.45, 2.75) is 26.1 Å².